The fraction of sp³-hybridized carbons (Fsp3) is 0.400. The molecule has 0 aliphatic rings. The fourth-order valence-corrected chi connectivity index (χ4v) is 4.64. The van der Waals surface area contributed by atoms with E-state index in [2.05, 4.69) is 15.7 Å². The highest BCUT2D eigenvalue weighted by Crippen LogP contribution is 2.18. The van der Waals surface area contributed by atoms with Gasteiger partial charge in [-0.3, -0.25) is 14.4 Å². The molecule has 0 saturated carbocycles. The molecular formula is C30H42N8O3. The smallest absolute Gasteiger partial charge is 0.242 e. The summed E-state index contributed by atoms with van der Waals surface area (Å²) in [6.45, 7) is 5.31. The predicted octanol–water partition coefficient (Wildman–Crippen LogP) is 0.686. The SMILES string of the molecule is Cc1nn(-c2ccccc2)c(C)c1CNC(=O)[C@H](CCc1ccccc1)NC(=O)[C@@H](N)CC(=O)N(CCN)CCN. The van der Waals surface area contributed by atoms with Crippen LogP contribution >= 0.6 is 0 Å². The number of aromatic nitrogens is 2. The Bertz CT molecular complexity index is 1270. The molecule has 41 heavy (non-hydrogen) atoms. The lowest BCUT2D eigenvalue weighted by molar-refractivity contribution is -0.135. The molecule has 2 aromatic carbocycles. The van der Waals surface area contributed by atoms with E-state index >= 15 is 0 Å². The highest BCUT2D eigenvalue weighted by Gasteiger charge is 2.27. The van der Waals surface area contributed by atoms with Gasteiger partial charge in [0.1, 0.15) is 6.04 Å². The number of aryl methyl sites for hydroxylation is 2. The second-order valence-electron chi connectivity index (χ2n) is 9.97. The molecule has 220 valence electrons. The molecule has 0 spiro atoms. The molecule has 0 aliphatic heterocycles. The fourth-order valence-electron chi connectivity index (χ4n) is 4.64. The quantitative estimate of drug-likeness (QED) is 0.181. The topological polar surface area (TPSA) is 174 Å². The van der Waals surface area contributed by atoms with Gasteiger partial charge in [0.2, 0.25) is 17.7 Å². The molecule has 0 aliphatic carbocycles. The van der Waals surface area contributed by atoms with Crippen LogP contribution in [0.3, 0.4) is 0 Å². The maximum atomic E-state index is 13.4. The summed E-state index contributed by atoms with van der Waals surface area (Å²) in [5.74, 6) is -1.22. The lowest BCUT2D eigenvalue weighted by Gasteiger charge is -2.24. The van der Waals surface area contributed by atoms with Crippen LogP contribution in [0.4, 0.5) is 0 Å². The number of nitrogens with two attached hydrogens (primary N) is 3. The van der Waals surface area contributed by atoms with Crippen molar-refractivity contribution in [2.75, 3.05) is 26.2 Å². The van der Waals surface area contributed by atoms with Gasteiger partial charge in [-0.15, -0.1) is 0 Å². The molecule has 3 rings (SSSR count). The lowest BCUT2D eigenvalue weighted by Crippen LogP contribution is -2.53. The van der Waals surface area contributed by atoms with Crippen LogP contribution in [-0.2, 0) is 27.3 Å². The number of hydrogen-bond donors (Lipinski definition) is 5. The van der Waals surface area contributed by atoms with E-state index in [0.717, 1.165) is 28.2 Å². The first-order valence-electron chi connectivity index (χ1n) is 13.9. The van der Waals surface area contributed by atoms with E-state index in [1.165, 1.54) is 4.90 Å². The number of amides is 3. The second-order valence-corrected chi connectivity index (χ2v) is 9.97. The van der Waals surface area contributed by atoms with Gasteiger partial charge >= 0.3 is 0 Å². The summed E-state index contributed by atoms with van der Waals surface area (Å²) in [6, 6.07) is 17.5. The Labute approximate surface area is 241 Å². The van der Waals surface area contributed by atoms with Crippen LogP contribution in [0.5, 0.6) is 0 Å². The summed E-state index contributed by atoms with van der Waals surface area (Å²) in [5.41, 5.74) is 21.9. The molecule has 0 fully saturated rings. The third-order valence-electron chi connectivity index (χ3n) is 6.96. The summed E-state index contributed by atoms with van der Waals surface area (Å²) in [7, 11) is 0. The molecule has 0 unspecified atom stereocenters. The van der Waals surface area contributed by atoms with E-state index in [-0.39, 0.29) is 37.9 Å². The molecule has 11 nitrogen and oxygen atoms in total. The minimum absolute atomic E-state index is 0.212. The number of hydrogen-bond acceptors (Lipinski definition) is 7. The molecule has 3 amide bonds. The molecule has 8 N–H and O–H groups in total. The lowest BCUT2D eigenvalue weighted by atomic mass is 10.0. The number of para-hydroxylation sites is 1. The van der Waals surface area contributed by atoms with Crippen LogP contribution in [-0.4, -0.2) is 70.7 Å². The summed E-state index contributed by atoms with van der Waals surface area (Å²) >= 11 is 0. The van der Waals surface area contributed by atoms with E-state index in [0.29, 0.717) is 25.9 Å². The maximum absolute atomic E-state index is 13.4. The van der Waals surface area contributed by atoms with Gasteiger partial charge in [-0.1, -0.05) is 48.5 Å². The Kier molecular flexibility index (Phi) is 12.0. The van der Waals surface area contributed by atoms with Crippen molar-refractivity contribution >= 4 is 17.7 Å². The van der Waals surface area contributed by atoms with Crippen molar-refractivity contribution in [1.29, 1.82) is 0 Å². The largest absolute Gasteiger partial charge is 0.350 e. The number of nitrogens with one attached hydrogen (secondary N) is 2. The first-order chi connectivity index (χ1) is 19.7. The van der Waals surface area contributed by atoms with Crippen LogP contribution in [0.25, 0.3) is 5.69 Å². The minimum Gasteiger partial charge on any atom is -0.350 e. The van der Waals surface area contributed by atoms with Crippen molar-refractivity contribution in [1.82, 2.24) is 25.3 Å². The first kappa shape index (κ1) is 31.5. The normalized spacial score (nSPS) is 12.4. The van der Waals surface area contributed by atoms with Crippen LogP contribution in [0.15, 0.2) is 60.7 Å². The highest BCUT2D eigenvalue weighted by atomic mass is 16.2. The van der Waals surface area contributed by atoms with Crippen molar-refractivity contribution in [3.8, 4) is 5.69 Å². The summed E-state index contributed by atoms with van der Waals surface area (Å²) < 4.78 is 1.85. The van der Waals surface area contributed by atoms with E-state index in [4.69, 9.17) is 17.2 Å². The number of carbonyl (C=O) groups is 3. The second kappa shape index (κ2) is 15.7. The number of nitrogens with zero attached hydrogens (tertiary/aromatic N) is 3. The summed E-state index contributed by atoms with van der Waals surface area (Å²) in [6.07, 6.45) is 0.712. The average Bonchev–Trinajstić information content (AvgIpc) is 3.27. The van der Waals surface area contributed by atoms with Crippen LogP contribution in [0.1, 0.15) is 35.4 Å². The van der Waals surface area contributed by atoms with E-state index in [1.54, 1.807) is 0 Å². The van der Waals surface area contributed by atoms with Crippen LogP contribution in [0, 0.1) is 13.8 Å². The number of rotatable bonds is 15. The highest BCUT2D eigenvalue weighted by molar-refractivity contribution is 5.92. The molecule has 3 aromatic rings. The van der Waals surface area contributed by atoms with Crippen molar-refractivity contribution in [3.63, 3.8) is 0 Å². The molecular weight excluding hydrogens is 520 g/mol. The van der Waals surface area contributed by atoms with Gasteiger partial charge in [-0.25, -0.2) is 4.68 Å². The third kappa shape index (κ3) is 8.97. The van der Waals surface area contributed by atoms with Crippen molar-refractivity contribution in [3.05, 3.63) is 83.2 Å². The van der Waals surface area contributed by atoms with Crippen molar-refractivity contribution < 1.29 is 14.4 Å². The Morgan fingerprint density at radius 1 is 0.927 bits per heavy atom. The monoisotopic (exact) mass is 562 g/mol. The Hall–Kier alpha value is -4.06. The predicted molar refractivity (Wildman–Crippen MR) is 159 cm³/mol. The van der Waals surface area contributed by atoms with Gasteiger partial charge in [0, 0.05) is 44.0 Å². The van der Waals surface area contributed by atoms with Crippen molar-refractivity contribution in [2.45, 2.75) is 51.7 Å². The number of benzene rings is 2. The Morgan fingerprint density at radius 2 is 1.54 bits per heavy atom. The Balaban J connectivity index is 1.69. The zero-order chi connectivity index (χ0) is 29.8. The van der Waals surface area contributed by atoms with Gasteiger partial charge < -0.3 is 32.7 Å². The standard InChI is InChI=1S/C30H42N8O3/c1-21-25(22(2)38(36-21)24-11-7-4-8-12-24)20-34-30(41)27(14-13-23-9-5-3-6-10-23)35-29(40)26(33)19-28(39)37(17-15-31)18-16-32/h3-12,26-27H,13-20,31-33H2,1-2H3,(H,34,41)(H,35,40)/t26-,27-/m0/s1. The van der Waals surface area contributed by atoms with Gasteiger partial charge in [0.05, 0.1) is 23.8 Å². The van der Waals surface area contributed by atoms with E-state index in [9.17, 15) is 14.4 Å². The van der Waals surface area contributed by atoms with Gasteiger partial charge in [0.25, 0.3) is 0 Å². The molecule has 2 atom stereocenters. The van der Waals surface area contributed by atoms with Gasteiger partial charge in [-0.2, -0.15) is 5.10 Å². The molecule has 0 radical (unpaired) electrons. The summed E-state index contributed by atoms with van der Waals surface area (Å²) in [5, 5.41) is 10.4. The Morgan fingerprint density at radius 3 is 2.15 bits per heavy atom. The summed E-state index contributed by atoms with van der Waals surface area (Å²) in [4.78, 5) is 40.6. The minimum atomic E-state index is -1.12. The first-order valence-corrected chi connectivity index (χ1v) is 13.9. The molecule has 0 saturated heterocycles. The third-order valence-corrected chi connectivity index (χ3v) is 6.96. The zero-order valence-corrected chi connectivity index (χ0v) is 23.9. The average molecular weight is 563 g/mol. The van der Waals surface area contributed by atoms with Gasteiger partial charge in [0.15, 0.2) is 0 Å². The van der Waals surface area contributed by atoms with Crippen molar-refractivity contribution in [2.24, 2.45) is 17.2 Å². The molecule has 1 heterocycles. The van der Waals surface area contributed by atoms with E-state index < -0.39 is 18.0 Å². The van der Waals surface area contributed by atoms with Gasteiger partial charge in [-0.05, 0) is 44.4 Å². The zero-order valence-electron chi connectivity index (χ0n) is 23.9. The van der Waals surface area contributed by atoms with Crippen LogP contribution < -0.4 is 27.8 Å². The van der Waals surface area contributed by atoms with Crippen LogP contribution in [0.2, 0.25) is 0 Å². The molecule has 0 bridgehead atoms. The maximum Gasteiger partial charge on any atom is 0.242 e. The van der Waals surface area contributed by atoms with E-state index in [1.807, 2.05) is 79.2 Å². The molecule has 11 heteroatoms. The molecule has 1 aromatic heterocycles. The number of carbonyl (C=O) groups excluding carboxylic acids is 3.